The minimum Gasteiger partial charge on any atom is -0.493 e. The van der Waals surface area contributed by atoms with Crippen molar-refractivity contribution in [1.29, 1.82) is 0 Å². The van der Waals surface area contributed by atoms with Crippen LogP contribution in [-0.4, -0.2) is 56.5 Å². The van der Waals surface area contributed by atoms with E-state index in [1.54, 1.807) is 21.3 Å². The van der Waals surface area contributed by atoms with Gasteiger partial charge in [-0.3, -0.25) is 0 Å². The van der Waals surface area contributed by atoms with Gasteiger partial charge in [0.25, 0.3) is 0 Å². The molecule has 1 saturated heterocycles. The maximum absolute atomic E-state index is 11.9. The van der Waals surface area contributed by atoms with Crippen molar-refractivity contribution >= 4 is 21.6 Å². The van der Waals surface area contributed by atoms with E-state index in [0.29, 0.717) is 28.8 Å². The van der Waals surface area contributed by atoms with E-state index >= 15 is 0 Å². The third-order valence-corrected chi connectivity index (χ3v) is 8.67. The number of hydrogen-bond acceptors (Lipinski definition) is 8. The molecule has 1 atom stereocenters. The van der Waals surface area contributed by atoms with E-state index in [-0.39, 0.29) is 16.8 Å². The first-order chi connectivity index (χ1) is 14.4. The summed E-state index contributed by atoms with van der Waals surface area (Å²) in [5, 5.41) is 0.644. The summed E-state index contributed by atoms with van der Waals surface area (Å²) in [4.78, 5) is 9.68. The van der Waals surface area contributed by atoms with Crippen molar-refractivity contribution in [1.82, 2.24) is 9.97 Å². The van der Waals surface area contributed by atoms with Gasteiger partial charge in [-0.25, -0.2) is 18.4 Å². The zero-order chi connectivity index (χ0) is 21.3. The highest BCUT2D eigenvalue weighted by atomic mass is 32.2. The van der Waals surface area contributed by atoms with Gasteiger partial charge in [-0.1, -0.05) is 11.8 Å². The average Bonchev–Trinajstić information content (AvgIpc) is 3.09. The Morgan fingerprint density at radius 2 is 1.70 bits per heavy atom. The molecule has 1 aliphatic heterocycles. The Labute approximate surface area is 181 Å². The highest BCUT2D eigenvalue weighted by Crippen LogP contribution is 2.43. The molecule has 0 N–H and O–H groups in total. The Bertz CT molecular complexity index is 1030. The molecule has 1 fully saturated rings. The Kier molecular flexibility index (Phi) is 6.11. The highest BCUT2D eigenvalue weighted by Gasteiger charge is 2.30. The van der Waals surface area contributed by atoms with Crippen LogP contribution >= 0.6 is 11.8 Å². The molecule has 1 aromatic carbocycles. The molecule has 4 rings (SSSR count). The number of rotatable bonds is 6. The van der Waals surface area contributed by atoms with Gasteiger partial charge in [0.1, 0.15) is 0 Å². The minimum absolute atomic E-state index is 0.00410. The van der Waals surface area contributed by atoms with Crippen LogP contribution in [0, 0.1) is 0 Å². The van der Waals surface area contributed by atoms with E-state index in [4.69, 9.17) is 24.2 Å². The fraction of sp³-hybridized carbons (Fsp3) is 0.524. The van der Waals surface area contributed by atoms with Crippen LogP contribution in [0.3, 0.4) is 0 Å². The predicted octanol–water partition coefficient (Wildman–Crippen LogP) is 3.33. The molecule has 2 heterocycles. The topological polar surface area (TPSA) is 87.6 Å². The van der Waals surface area contributed by atoms with Gasteiger partial charge in [-0.05, 0) is 44.2 Å². The van der Waals surface area contributed by atoms with E-state index in [1.165, 1.54) is 11.8 Å². The number of fused-ring (bicyclic) bond motifs is 1. The Balaban J connectivity index is 1.79. The van der Waals surface area contributed by atoms with E-state index in [9.17, 15) is 8.42 Å². The quantitative estimate of drug-likeness (QED) is 0.620. The fourth-order valence-electron chi connectivity index (χ4n) is 4.08. The number of hydrogen-bond donors (Lipinski definition) is 0. The predicted molar refractivity (Wildman–Crippen MR) is 117 cm³/mol. The zero-order valence-corrected chi connectivity index (χ0v) is 19.1. The van der Waals surface area contributed by atoms with Crippen molar-refractivity contribution in [2.45, 2.75) is 42.5 Å². The van der Waals surface area contributed by atoms with Crippen LogP contribution in [0.15, 0.2) is 17.3 Å². The Hall–Kier alpha value is -2.00. The molecule has 7 nitrogen and oxygen atoms in total. The maximum atomic E-state index is 11.9. The molecule has 30 heavy (non-hydrogen) atoms. The summed E-state index contributed by atoms with van der Waals surface area (Å²) in [5.41, 5.74) is 3.95. The summed E-state index contributed by atoms with van der Waals surface area (Å²) >= 11 is 1.47. The van der Waals surface area contributed by atoms with Crippen molar-refractivity contribution < 1.29 is 22.6 Å². The van der Waals surface area contributed by atoms with Gasteiger partial charge in [0.2, 0.25) is 5.75 Å². The van der Waals surface area contributed by atoms with Crippen LogP contribution in [0.4, 0.5) is 0 Å². The van der Waals surface area contributed by atoms with Gasteiger partial charge in [0.05, 0.1) is 38.5 Å². The molecule has 0 saturated carbocycles. The first-order valence-corrected chi connectivity index (χ1v) is 12.7. The molecule has 2 aliphatic rings. The summed E-state index contributed by atoms with van der Waals surface area (Å²) < 4.78 is 40.2. The molecule has 1 aromatic heterocycles. The van der Waals surface area contributed by atoms with Gasteiger partial charge in [0.15, 0.2) is 26.5 Å². The molecule has 9 heteroatoms. The van der Waals surface area contributed by atoms with Crippen LogP contribution < -0.4 is 14.2 Å². The van der Waals surface area contributed by atoms with Gasteiger partial charge in [-0.2, -0.15) is 0 Å². The molecule has 0 radical (unpaired) electrons. The second-order valence-corrected chi connectivity index (χ2v) is 11.0. The second-order valence-electron chi connectivity index (χ2n) is 7.54. The summed E-state index contributed by atoms with van der Waals surface area (Å²) in [5.74, 6) is 2.13. The first kappa shape index (κ1) is 21.2. The lowest BCUT2D eigenvalue weighted by Gasteiger charge is -2.21. The first-order valence-electron chi connectivity index (χ1n) is 10.0. The normalized spacial score (nSPS) is 19.9. The molecule has 2 aromatic rings. The summed E-state index contributed by atoms with van der Waals surface area (Å²) in [6, 6.07) is 3.82. The van der Waals surface area contributed by atoms with Crippen LogP contribution in [-0.2, 0) is 22.7 Å². The van der Waals surface area contributed by atoms with E-state index in [0.717, 1.165) is 48.2 Å². The Morgan fingerprint density at radius 3 is 2.30 bits per heavy atom. The van der Waals surface area contributed by atoms with Crippen LogP contribution in [0.1, 0.15) is 30.5 Å². The van der Waals surface area contributed by atoms with Crippen molar-refractivity contribution in [3.05, 3.63) is 23.4 Å². The smallest absolute Gasteiger partial charge is 0.203 e. The molecular weight excluding hydrogens is 424 g/mol. The number of aromatic nitrogens is 2. The van der Waals surface area contributed by atoms with Crippen molar-refractivity contribution in [2.24, 2.45) is 0 Å². The summed E-state index contributed by atoms with van der Waals surface area (Å²) in [7, 11) is 1.83. The zero-order valence-electron chi connectivity index (χ0n) is 17.4. The van der Waals surface area contributed by atoms with Crippen LogP contribution in [0.25, 0.3) is 11.3 Å². The summed E-state index contributed by atoms with van der Waals surface area (Å²) in [6.07, 6.45) is 4.67. The summed E-state index contributed by atoms with van der Waals surface area (Å²) in [6.45, 7) is 0. The van der Waals surface area contributed by atoms with E-state index in [2.05, 4.69) is 0 Å². The molecule has 0 bridgehead atoms. The maximum Gasteiger partial charge on any atom is 0.203 e. The molecule has 0 spiro atoms. The van der Waals surface area contributed by atoms with Gasteiger partial charge in [-0.15, -0.1) is 0 Å². The minimum atomic E-state index is -2.94. The molecule has 162 valence electrons. The van der Waals surface area contributed by atoms with Crippen molar-refractivity contribution in [2.75, 3.05) is 32.8 Å². The lowest BCUT2D eigenvalue weighted by molar-refractivity contribution is 0.324. The fourth-order valence-corrected chi connectivity index (χ4v) is 7.51. The number of ether oxygens (including phenoxy) is 3. The number of methoxy groups -OCH3 is 3. The van der Waals surface area contributed by atoms with Gasteiger partial charge in [0, 0.05) is 22.1 Å². The molecular formula is C21H26N2O5S2. The van der Waals surface area contributed by atoms with Crippen molar-refractivity contribution in [3.63, 3.8) is 0 Å². The average molecular weight is 451 g/mol. The largest absolute Gasteiger partial charge is 0.493 e. The van der Waals surface area contributed by atoms with E-state index < -0.39 is 9.84 Å². The number of nitrogens with zero attached hydrogens (tertiary/aromatic N) is 2. The van der Waals surface area contributed by atoms with Gasteiger partial charge >= 0.3 is 0 Å². The lowest BCUT2D eigenvalue weighted by Crippen LogP contribution is -2.12. The molecule has 0 unspecified atom stereocenters. The number of thioether (sulfide) groups is 1. The highest BCUT2D eigenvalue weighted by molar-refractivity contribution is 8.01. The number of benzene rings is 1. The standard InChI is InChI=1S/C21H26N2O5S2/c1-26-17-10-13(11-18(27-2)20(17)28-3)19-15-6-4-5-7-16(15)22-21(23-19)29-14-8-9-30(24,25)12-14/h10-11,14H,4-9,12H2,1-3H3/t14-/m0/s1. The SMILES string of the molecule is COc1cc(-c2nc(S[C@H]3CCS(=O)(=O)C3)nc3c2CCCC3)cc(OC)c1OC. The van der Waals surface area contributed by atoms with E-state index in [1.807, 2.05) is 12.1 Å². The number of sulfone groups is 1. The third kappa shape index (κ3) is 4.23. The van der Waals surface area contributed by atoms with Crippen LogP contribution in [0.5, 0.6) is 17.2 Å². The molecule has 1 aliphatic carbocycles. The van der Waals surface area contributed by atoms with Gasteiger partial charge < -0.3 is 14.2 Å². The Morgan fingerprint density at radius 1 is 1.00 bits per heavy atom. The number of aryl methyl sites for hydroxylation is 1. The third-order valence-electron chi connectivity index (χ3n) is 5.56. The van der Waals surface area contributed by atoms with Crippen molar-refractivity contribution in [3.8, 4) is 28.5 Å². The lowest BCUT2D eigenvalue weighted by atomic mass is 9.92. The second kappa shape index (κ2) is 8.63. The van der Waals surface area contributed by atoms with Crippen LogP contribution in [0.2, 0.25) is 0 Å². The monoisotopic (exact) mass is 450 g/mol. The molecule has 0 amide bonds.